The van der Waals surface area contributed by atoms with Crippen LogP contribution in [0.25, 0.3) is 0 Å². The van der Waals surface area contributed by atoms with Crippen molar-refractivity contribution in [3.63, 3.8) is 0 Å². The average Bonchev–Trinajstić information content (AvgIpc) is 2.30. The van der Waals surface area contributed by atoms with Crippen molar-refractivity contribution in [3.8, 4) is 0 Å². The van der Waals surface area contributed by atoms with Gasteiger partial charge in [0.25, 0.3) is 5.69 Å². The molecule has 0 amide bonds. The Kier molecular flexibility index (Phi) is 3.47. The Labute approximate surface area is 106 Å². The molecule has 1 saturated heterocycles. The number of aryl methyl sites for hydroxylation is 1. The summed E-state index contributed by atoms with van der Waals surface area (Å²) < 4.78 is 0. The third-order valence-electron chi connectivity index (χ3n) is 3.47. The summed E-state index contributed by atoms with van der Waals surface area (Å²) in [5, 5.41) is 10.9. The maximum Gasteiger partial charge on any atom is 0.277 e. The number of aromatic nitrogens is 1. The zero-order chi connectivity index (χ0) is 13.3. The first-order valence-corrected chi connectivity index (χ1v) is 6.12. The Bertz CT molecular complexity index is 463. The first-order valence-electron chi connectivity index (χ1n) is 6.12. The van der Waals surface area contributed by atoms with Crippen molar-refractivity contribution in [2.75, 3.05) is 11.4 Å². The number of nitrogens with zero attached hydrogens (tertiary/aromatic N) is 3. The Hall–Kier alpha value is -1.69. The minimum absolute atomic E-state index is 0.127. The molecule has 0 aliphatic carbocycles. The largest absolute Gasteiger partial charge is 0.354 e. The minimum Gasteiger partial charge on any atom is -0.354 e. The fourth-order valence-electron chi connectivity index (χ4n) is 2.41. The van der Waals surface area contributed by atoms with Crippen LogP contribution in [-0.2, 0) is 0 Å². The molecule has 98 valence electrons. The van der Waals surface area contributed by atoms with Crippen LogP contribution in [0, 0.1) is 17.0 Å². The van der Waals surface area contributed by atoms with Gasteiger partial charge in [0.05, 0.1) is 11.0 Å². The first-order chi connectivity index (χ1) is 8.49. The first kappa shape index (κ1) is 12.8. The summed E-state index contributed by atoms with van der Waals surface area (Å²) in [5.41, 5.74) is 6.63. The number of hydrogen-bond acceptors (Lipinski definition) is 5. The highest BCUT2D eigenvalue weighted by Gasteiger charge is 2.25. The van der Waals surface area contributed by atoms with Gasteiger partial charge in [0.2, 0.25) is 0 Å². The summed E-state index contributed by atoms with van der Waals surface area (Å²) in [7, 11) is 0. The molecule has 1 aliphatic rings. The molecular formula is C12H18N4O2. The van der Waals surface area contributed by atoms with Crippen molar-refractivity contribution in [2.24, 2.45) is 5.73 Å². The fraction of sp³-hybridized carbons (Fsp3) is 0.583. The number of rotatable bonds is 2. The second-order valence-corrected chi connectivity index (χ2v) is 4.91. The van der Waals surface area contributed by atoms with E-state index in [1.165, 1.54) is 0 Å². The topological polar surface area (TPSA) is 85.3 Å². The lowest BCUT2D eigenvalue weighted by atomic mass is 9.99. The molecule has 6 heteroatoms. The van der Waals surface area contributed by atoms with Crippen LogP contribution in [-0.4, -0.2) is 28.5 Å². The Morgan fingerprint density at radius 3 is 2.94 bits per heavy atom. The van der Waals surface area contributed by atoms with Crippen LogP contribution in [0.5, 0.6) is 0 Å². The highest BCUT2D eigenvalue weighted by atomic mass is 16.6. The zero-order valence-electron chi connectivity index (χ0n) is 10.7. The average molecular weight is 250 g/mol. The Morgan fingerprint density at radius 2 is 2.33 bits per heavy atom. The van der Waals surface area contributed by atoms with Gasteiger partial charge in [-0.2, -0.15) is 0 Å². The second-order valence-electron chi connectivity index (χ2n) is 4.91. The van der Waals surface area contributed by atoms with Crippen LogP contribution in [0.3, 0.4) is 0 Å². The smallest absolute Gasteiger partial charge is 0.277 e. The molecule has 2 atom stereocenters. The number of hydrogen-bond donors (Lipinski definition) is 1. The number of anilines is 1. The van der Waals surface area contributed by atoms with E-state index in [9.17, 15) is 10.1 Å². The maximum absolute atomic E-state index is 10.9. The highest BCUT2D eigenvalue weighted by Crippen LogP contribution is 2.27. The summed E-state index contributed by atoms with van der Waals surface area (Å²) in [6, 6.07) is 2.04. The molecule has 2 heterocycles. The van der Waals surface area contributed by atoms with Crippen LogP contribution in [0.1, 0.15) is 25.3 Å². The van der Waals surface area contributed by atoms with Crippen LogP contribution in [0.4, 0.5) is 11.5 Å². The van der Waals surface area contributed by atoms with Crippen LogP contribution < -0.4 is 10.6 Å². The molecule has 0 spiro atoms. The molecule has 0 radical (unpaired) electrons. The molecule has 2 N–H and O–H groups in total. The van der Waals surface area contributed by atoms with Gasteiger partial charge >= 0.3 is 0 Å². The van der Waals surface area contributed by atoms with E-state index in [2.05, 4.69) is 16.8 Å². The molecule has 1 aromatic rings. The maximum atomic E-state index is 10.9. The fourth-order valence-corrected chi connectivity index (χ4v) is 2.41. The lowest BCUT2D eigenvalue weighted by Gasteiger charge is -2.37. The monoisotopic (exact) mass is 250 g/mol. The lowest BCUT2D eigenvalue weighted by Crippen LogP contribution is -2.46. The molecule has 1 fully saturated rings. The molecule has 18 heavy (non-hydrogen) atoms. The van der Waals surface area contributed by atoms with E-state index in [1.807, 2.05) is 0 Å². The van der Waals surface area contributed by atoms with Gasteiger partial charge < -0.3 is 10.6 Å². The molecule has 0 saturated carbocycles. The van der Waals surface area contributed by atoms with Gasteiger partial charge in [0.1, 0.15) is 5.82 Å². The third kappa shape index (κ3) is 2.43. The van der Waals surface area contributed by atoms with E-state index in [-0.39, 0.29) is 22.7 Å². The van der Waals surface area contributed by atoms with Gasteiger partial charge in [-0.3, -0.25) is 10.1 Å². The van der Waals surface area contributed by atoms with E-state index in [4.69, 9.17) is 5.73 Å². The van der Waals surface area contributed by atoms with Gasteiger partial charge in [-0.25, -0.2) is 4.98 Å². The van der Waals surface area contributed by atoms with Crippen molar-refractivity contribution < 1.29 is 4.92 Å². The van der Waals surface area contributed by atoms with E-state index in [0.717, 1.165) is 19.4 Å². The second kappa shape index (κ2) is 4.89. The van der Waals surface area contributed by atoms with Crippen molar-refractivity contribution in [1.29, 1.82) is 0 Å². The summed E-state index contributed by atoms with van der Waals surface area (Å²) in [6.45, 7) is 4.58. The standard InChI is InChI=1S/C12H18N4O2/c1-8-7-14-12(6-11(8)16(17)18)15-4-3-10(13)5-9(15)2/h6-7,9-10H,3-5,13H2,1-2H3. The third-order valence-corrected chi connectivity index (χ3v) is 3.47. The van der Waals surface area contributed by atoms with Crippen molar-refractivity contribution in [3.05, 3.63) is 27.9 Å². The summed E-state index contributed by atoms with van der Waals surface area (Å²) in [4.78, 5) is 17.0. The molecule has 1 aromatic heterocycles. The van der Waals surface area contributed by atoms with Gasteiger partial charge in [0.15, 0.2) is 0 Å². The minimum atomic E-state index is -0.360. The van der Waals surface area contributed by atoms with Crippen molar-refractivity contribution in [2.45, 2.75) is 38.8 Å². The van der Waals surface area contributed by atoms with Crippen LogP contribution >= 0.6 is 0 Å². The van der Waals surface area contributed by atoms with Crippen LogP contribution in [0.2, 0.25) is 0 Å². The molecule has 2 rings (SSSR count). The van der Waals surface area contributed by atoms with Gasteiger partial charge in [-0.05, 0) is 26.7 Å². The summed E-state index contributed by atoms with van der Waals surface area (Å²) in [6.07, 6.45) is 3.35. The van der Waals surface area contributed by atoms with E-state index < -0.39 is 0 Å². The van der Waals surface area contributed by atoms with Crippen molar-refractivity contribution in [1.82, 2.24) is 4.98 Å². The number of pyridine rings is 1. The number of piperidine rings is 1. The molecule has 0 aromatic carbocycles. The van der Waals surface area contributed by atoms with E-state index in [1.54, 1.807) is 19.2 Å². The molecule has 6 nitrogen and oxygen atoms in total. The van der Waals surface area contributed by atoms with Gasteiger partial charge in [0, 0.05) is 30.4 Å². The predicted octanol–water partition coefficient (Wildman–Crippen LogP) is 1.61. The SMILES string of the molecule is Cc1cnc(N2CCC(N)CC2C)cc1[N+](=O)[O-]. The molecule has 1 aliphatic heterocycles. The van der Waals surface area contributed by atoms with Gasteiger partial charge in [-0.15, -0.1) is 0 Å². The Morgan fingerprint density at radius 1 is 1.61 bits per heavy atom. The quantitative estimate of drug-likeness (QED) is 0.636. The summed E-state index contributed by atoms with van der Waals surface area (Å²) >= 11 is 0. The molecular weight excluding hydrogens is 232 g/mol. The normalized spacial score (nSPS) is 24.1. The molecule has 0 bridgehead atoms. The summed E-state index contributed by atoms with van der Waals surface area (Å²) in [5.74, 6) is 0.673. The van der Waals surface area contributed by atoms with E-state index in [0.29, 0.717) is 11.4 Å². The highest BCUT2D eigenvalue weighted by molar-refractivity contribution is 5.51. The van der Waals surface area contributed by atoms with E-state index >= 15 is 0 Å². The zero-order valence-corrected chi connectivity index (χ0v) is 10.7. The van der Waals surface area contributed by atoms with Gasteiger partial charge in [-0.1, -0.05) is 0 Å². The number of nitro groups is 1. The molecule has 2 unspecified atom stereocenters. The number of nitrogens with two attached hydrogens (primary N) is 1. The predicted molar refractivity (Wildman–Crippen MR) is 69.6 cm³/mol. The van der Waals surface area contributed by atoms with Crippen molar-refractivity contribution >= 4 is 11.5 Å². The lowest BCUT2D eigenvalue weighted by molar-refractivity contribution is -0.385. The van der Waals surface area contributed by atoms with Crippen LogP contribution in [0.15, 0.2) is 12.3 Å². The Balaban J connectivity index is 2.28.